The maximum absolute atomic E-state index is 6.77. The van der Waals surface area contributed by atoms with Crippen LogP contribution >= 0.6 is 0 Å². The lowest BCUT2D eigenvalue weighted by Gasteiger charge is -2.45. The van der Waals surface area contributed by atoms with Crippen LogP contribution in [0.4, 0.5) is 0 Å². The van der Waals surface area contributed by atoms with Crippen LogP contribution in [0.15, 0.2) is 72.8 Å². The van der Waals surface area contributed by atoms with Crippen LogP contribution in [0, 0.1) is 25.7 Å². The molecule has 0 aliphatic carbocycles. The van der Waals surface area contributed by atoms with Crippen molar-refractivity contribution in [3.63, 3.8) is 0 Å². The molecular formula is C31H38O3. The number of benzene rings is 3. The van der Waals surface area contributed by atoms with E-state index in [9.17, 15) is 0 Å². The van der Waals surface area contributed by atoms with Gasteiger partial charge in [-0.05, 0) is 72.1 Å². The minimum atomic E-state index is -0.0944. The van der Waals surface area contributed by atoms with E-state index in [2.05, 4.69) is 83.1 Å². The van der Waals surface area contributed by atoms with E-state index in [4.69, 9.17) is 14.2 Å². The van der Waals surface area contributed by atoms with E-state index in [1.54, 1.807) is 0 Å². The molecule has 0 spiro atoms. The van der Waals surface area contributed by atoms with Crippen LogP contribution < -0.4 is 4.74 Å². The van der Waals surface area contributed by atoms with E-state index in [-0.39, 0.29) is 18.3 Å². The Hall–Kier alpha value is -2.62. The van der Waals surface area contributed by atoms with Crippen LogP contribution in [0.3, 0.4) is 0 Å². The molecule has 180 valence electrons. The molecule has 0 aromatic heterocycles. The Kier molecular flexibility index (Phi) is 8.07. The maximum Gasteiger partial charge on any atom is 0.120 e. The number of hydrogen-bond acceptors (Lipinski definition) is 3. The number of rotatable bonds is 8. The Balaban J connectivity index is 1.58. The lowest BCUT2D eigenvalue weighted by Crippen LogP contribution is -2.46. The molecule has 0 bridgehead atoms. The molecule has 1 aliphatic heterocycles. The molecule has 1 heterocycles. The fourth-order valence-corrected chi connectivity index (χ4v) is 5.22. The summed E-state index contributed by atoms with van der Waals surface area (Å²) in [6.45, 7) is 12.3. The third-order valence-corrected chi connectivity index (χ3v) is 7.34. The van der Waals surface area contributed by atoms with E-state index in [1.165, 1.54) is 27.8 Å². The molecule has 3 aromatic rings. The second-order valence-electron chi connectivity index (χ2n) is 9.73. The van der Waals surface area contributed by atoms with Crippen molar-refractivity contribution >= 4 is 0 Å². The van der Waals surface area contributed by atoms with E-state index in [1.807, 2.05) is 24.3 Å². The standard InChI is InChI=1S/C31H38O3/c1-6-28-23(4)24(5)30(33-20-26-15-11-8-12-16-26)31(34-28)29-21(2)17-27(18-22(29)3)32-19-25-13-9-7-10-14-25/h7-18,23-24,28,30-31H,6,19-20H2,1-5H3. The smallest absolute Gasteiger partial charge is 0.120 e. The van der Waals surface area contributed by atoms with Gasteiger partial charge in [-0.1, -0.05) is 81.4 Å². The Labute approximate surface area is 205 Å². The minimum absolute atomic E-state index is 0.00788. The Morgan fingerprint density at radius 3 is 1.88 bits per heavy atom. The highest BCUT2D eigenvalue weighted by Crippen LogP contribution is 2.44. The summed E-state index contributed by atoms with van der Waals surface area (Å²) in [6.07, 6.45) is 1.13. The number of ether oxygens (including phenoxy) is 3. The monoisotopic (exact) mass is 458 g/mol. The summed E-state index contributed by atoms with van der Waals surface area (Å²) in [7, 11) is 0. The van der Waals surface area contributed by atoms with Crippen LogP contribution in [0.2, 0.25) is 0 Å². The zero-order valence-electron chi connectivity index (χ0n) is 21.2. The van der Waals surface area contributed by atoms with Gasteiger partial charge in [0.1, 0.15) is 18.5 Å². The van der Waals surface area contributed by atoms with Crippen LogP contribution in [-0.4, -0.2) is 12.2 Å². The van der Waals surface area contributed by atoms with Gasteiger partial charge in [0.25, 0.3) is 0 Å². The van der Waals surface area contributed by atoms with E-state index in [0.717, 1.165) is 12.2 Å². The Morgan fingerprint density at radius 2 is 1.32 bits per heavy atom. The van der Waals surface area contributed by atoms with Gasteiger partial charge in [0.2, 0.25) is 0 Å². The van der Waals surface area contributed by atoms with Gasteiger partial charge in [0.15, 0.2) is 0 Å². The fraction of sp³-hybridized carbons (Fsp3) is 0.419. The summed E-state index contributed by atoms with van der Waals surface area (Å²) >= 11 is 0. The Bertz CT molecular complexity index is 1020. The van der Waals surface area contributed by atoms with Crippen molar-refractivity contribution in [3.05, 3.63) is 101 Å². The third-order valence-electron chi connectivity index (χ3n) is 7.34. The largest absolute Gasteiger partial charge is 0.489 e. The molecule has 0 saturated carbocycles. The molecule has 0 radical (unpaired) electrons. The van der Waals surface area contributed by atoms with Crippen LogP contribution in [0.1, 0.15) is 61.1 Å². The van der Waals surface area contributed by atoms with Crippen molar-refractivity contribution < 1.29 is 14.2 Å². The van der Waals surface area contributed by atoms with E-state index in [0.29, 0.717) is 25.0 Å². The van der Waals surface area contributed by atoms with Crippen molar-refractivity contribution in [3.8, 4) is 5.75 Å². The fourth-order valence-electron chi connectivity index (χ4n) is 5.22. The summed E-state index contributed by atoms with van der Waals surface area (Å²) < 4.78 is 19.5. The zero-order valence-corrected chi connectivity index (χ0v) is 21.2. The van der Waals surface area contributed by atoms with Gasteiger partial charge in [-0.2, -0.15) is 0 Å². The molecule has 0 amide bonds. The number of aryl methyl sites for hydroxylation is 2. The predicted octanol–water partition coefficient (Wildman–Crippen LogP) is 7.59. The van der Waals surface area contributed by atoms with Gasteiger partial charge in [0, 0.05) is 0 Å². The third kappa shape index (κ3) is 5.54. The molecule has 3 heteroatoms. The predicted molar refractivity (Wildman–Crippen MR) is 138 cm³/mol. The normalized spacial score (nSPS) is 24.7. The molecule has 1 aliphatic rings. The van der Waals surface area contributed by atoms with Gasteiger partial charge in [-0.25, -0.2) is 0 Å². The van der Waals surface area contributed by atoms with Crippen molar-refractivity contribution in [1.82, 2.24) is 0 Å². The van der Waals surface area contributed by atoms with Gasteiger partial charge >= 0.3 is 0 Å². The molecule has 1 fully saturated rings. The van der Waals surface area contributed by atoms with Gasteiger partial charge in [-0.3, -0.25) is 0 Å². The average molecular weight is 459 g/mol. The second kappa shape index (κ2) is 11.2. The van der Waals surface area contributed by atoms with E-state index >= 15 is 0 Å². The topological polar surface area (TPSA) is 27.7 Å². The summed E-state index contributed by atoms with van der Waals surface area (Å²) in [6, 6.07) is 25.0. The molecule has 1 saturated heterocycles. The first-order valence-electron chi connectivity index (χ1n) is 12.6. The lowest BCUT2D eigenvalue weighted by atomic mass is 9.77. The van der Waals surface area contributed by atoms with E-state index < -0.39 is 0 Å². The van der Waals surface area contributed by atoms with Crippen LogP contribution in [-0.2, 0) is 22.7 Å². The quantitative estimate of drug-likeness (QED) is 0.348. The highest BCUT2D eigenvalue weighted by Gasteiger charge is 2.43. The zero-order chi connectivity index (χ0) is 24.1. The summed E-state index contributed by atoms with van der Waals surface area (Å²) in [4.78, 5) is 0. The van der Waals surface area contributed by atoms with Crippen molar-refractivity contribution in [2.75, 3.05) is 0 Å². The molecule has 4 rings (SSSR count). The SMILES string of the molecule is CCC1OC(c2c(C)cc(OCc3ccccc3)cc2C)C(OCc2ccccc2)C(C)C1C. The molecule has 5 unspecified atom stereocenters. The second-order valence-corrected chi connectivity index (χ2v) is 9.73. The van der Waals surface area contributed by atoms with Gasteiger partial charge < -0.3 is 14.2 Å². The molecule has 3 aromatic carbocycles. The van der Waals surface area contributed by atoms with Gasteiger partial charge in [-0.15, -0.1) is 0 Å². The van der Waals surface area contributed by atoms with Crippen LogP contribution in [0.5, 0.6) is 5.75 Å². The highest BCUT2D eigenvalue weighted by atomic mass is 16.6. The molecule has 0 N–H and O–H groups in total. The number of hydrogen-bond donors (Lipinski definition) is 0. The van der Waals surface area contributed by atoms with Crippen molar-refractivity contribution in [2.24, 2.45) is 11.8 Å². The summed E-state index contributed by atoms with van der Waals surface area (Å²) in [5, 5.41) is 0. The van der Waals surface area contributed by atoms with Crippen LogP contribution in [0.25, 0.3) is 0 Å². The first-order chi connectivity index (χ1) is 16.5. The molecule has 5 atom stereocenters. The lowest BCUT2D eigenvalue weighted by molar-refractivity contribution is -0.194. The molecular weight excluding hydrogens is 420 g/mol. The highest BCUT2D eigenvalue weighted by molar-refractivity contribution is 5.43. The summed E-state index contributed by atoms with van der Waals surface area (Å²) in [5.41, 5.74) is 5.98. The minimum Gasteiger partial charge on any atom is -0.489 e. The average Bonchev–Trinajstić information content (AvgIpc) is 2.85. The van der Waals surface area contributed by atoms with Crippen molar-refractivity contribution in [1.29, 1.82) is 0 Å². The summed E-state index contributed by atoms with van der Waals surface area (Å²) in [5.74, 6) is 1.73. The Morgan fingerprint density at radius 1 is 0.765 bits per heavy atom. The first-order valence-corrected chi connectivity index (χ1v) is 12.6. The maximum atomic E-state index is 6.77. The first kappa shape index (κ1) is 24.5. The van der Waals surface area contributed by atoms with Crippen molar-refractivity contribution in [2.45, 2.75) is 72.6 Å². The molecule has 34 heavy (non-hydrogen) atoms. The van der Waals surface area contributed by atoms with Gasteiger partial charge in [0.05, 0.1) is 18.8 Å². The molecule has 3 nitrogen and oxygen atoms in total.